The zero-order valence-electron chi connectivity index (χ0n) is 14.6. The van der Waals surface area contributed by atoms with Crippen molar-refractivity contribution < 1.29 is 4.79 Å². The summed E-state index contributed by atoms with van der Waals surface area (Å²) < 4.78 is 1.80. The molecule has 1 saturated carbocycles. The number of nitrogens with zero attached hydrogens (tertiary/aromatic N) is 4. The molecule has 3 aromatic rings. The van der Waals surface area contributed by atoms with E-state index in [0.29, 0.717) is 6.04 Å². The van der Waals surface area contributed by atoms with E-state index < -0.39 is 0 Å². The molecule has 0 bridgehead atoms. The molecule has 1 amide bonds. The van der Waals surface area contributed by atoms with Crippen LogP contribution in [0.4, 0.5) is 0 Å². The maximum atomic E-state index is 12.5. The van der Waals surface area contributed by atoms with Gasteiger partial charge in [-0.25, -0.2) is 14.6 Å². The standard InChI is InChI=1S/C19H21N5OS/c1-13(18(25)23-14-7-5-6-8-14)26-19-16-11-22-24(17(16)20-12-21-19)15-9-3-2-4-10-15/h2-4,9-14H,5-8H2,1H3,(H,23,25). The molecule has 1 aromatic carbocycles. The van der Waals surface area contributed by atoms with Crippen molar-refractivity contribution in [3.05, 3.63) is 42.9 Å². The minimum atomic E-state index is -0.214. The lowest BCUT2D eigenvalue weighted by Crippen LogP contribution is -2.37. The zero-order valence-corrected chi connectivity index (χ0v) is 15.4. The number of hydrogen-bond donors (Lipinski definition) is 1. The highest BCUT2D eigenvalue weighted by atomic mass is 32.2. The fourth-order valence-electron chi connectivity index (χ4n) is 3.28. The third-order valence-corrected chi connectivity index (χ3v) is 5.81. The fraction of sp³-hybridized carbons (Fsp3) is 0.368. The first-order valence-corrected chi connectivity index (χ1v) is 9.81. The van der Waals surface area contributed by atoms with Crippen LogP contribution in [0.3, 0.4) is 0 Å². The summed E-state index contributed by atoms with van der Waals surface area (Å²) in [5.74, 6) is 0.0733. The maximum Gasteiger partial charge on any atom is 0.233 e. The topological polar surface area (TPSA) is 72.7 Å². The van der Waals surface area contributed by atoms with E-state index >= 15 is 0 Å². The molecule has 6 nitrogen and oxygen atoms in total. The maximum absolute atomic E-state index is 12.5. The highest BCUT2D eigenvalue weighted by molar-refractivity contribution is 8.00. The predicted molar refractivity (Wildman–Crippen MR) is 102 cm³/mol. The van der Waals surface area contributed by atoms with Gasteiger partial charge in [-0.1, -0.05) is 42.8 Å². The smallest absolute Gasteiger partial charge is 0.233 e. The molecule has 2 heterocycles. The minimum Gasteiger partial charge on any atom is -0.352 e. The molecule has 0 saturated heterocycles. The highest BCUT2D eigenvalue weighted by Gasteiger charge is 2.23. The third-order valence-electron chi connectivity index (χ3n) is 4.69. The van der Waals surface area contributed by atoms with Gasteiger partial charge in [0.05, 0.1) is 22.5 Å². The molecule has 134 valence electrons. The van der Waals surface area contributed by atoms with E-state index in [0.717, 1.165) is 34.6 Å². The Hall–Kier alpha value is -2.41. The number of para-hydroxylation sites is 1. The molecule has 0 aliphatic heterocycles. The number of amides is 1. The van der Waals surface area contributed by atoms with Crippen LogP contribution in [0.25, 0.3) is 16.7 Å². The molecule has 1 N–H and O–H groups in total. The summed E-state index contributed by atoms with van der Waals surface area (Å²) >= 11 is 1.46. The van der Waals surface area contributed by atoms with Crippen molar-refractivity contribution in [1.29, 1.82) is 0 Å². The van der Waals surface area contributed by atoms with Crippen LogP contribution in [-0.2, 0) is 4.79 Å². The molecular formula is C19H21N5OS. The SMILES string of the molecule is CC(Sc1ncnc2c1cnn2-c1ccccc1)C(=O)NC1CCCC1. The van der Waals surface area contributed by atoms with Crippen molar-refractivity contribution in [2.75, 3.05) is 0 Å². The highest BCUT2D eigenvalue weighted by Crippen LogP contribution is 2.29. The van der Waals surface area contributed by atoms with Gasteiger partial charge in [-0.3, -0.25) is 4.79 Å². The molecule has 1 fully saturated rings. The number of benzene rings is 1. The van der Waals surface area contributed by atoms with Gasteiger partial charge in [0.2, 0.25) is 5.91 Å². The second-order valence-electron chi connectivity index (χ2n) is 6.56. The van der Waals surface area contributed by atoms with Crippen molar-refractivity contribution in [3.63, 3.8) is 0 Å². The molecule has 2 aromatic heterocycles. The number of thioether (sulfide) groups is 1. The van der Waals surface area contributed by atoms with Gasteiger partial charge in [-0.15, -0.1) is 0 Å². The third kappa shape index (κ3) is 3.44. The molecular weight excluding hydrogens is 346 g/mol. The molecule has 4 rings (SSSR count). The summed E-state index contributed by atoms with van der Waals surface area (Å²) in [4.78, 5) is 21.2. The van der Waals surface area contributed by atoms with Crippen LogP contribution in [0.5, 0.6) is 0 Å². The first kappa shape index (κ1) is 17.0. The Bertz CT molecular complexity index is 905. The Morgan fingerprint density at radius 2 is 2.00 bits per heavy atom. The molecule has 26 heavy (non-hydrogen) atoms. The van der Waals surface area contributed by atoms with Crippen LogP contribution >= 0.6 is 11.8 Å². The van der Waals surface area contributed by atoms with Gasteiger partial charge >= 0.3 is 0 Å². The van der Waals surface area contributed by atoms with E-state index in [4.69, 9.17) is 0 Å². The molecule has 1 atom stereocenters. The lowest BCUT2D eigenvalue weighted by atomic mass is 10.2. The van der Waals surface area contributed by atoms with Crippen molar-refractivity contribution in [2.45, 2.75) is 48.9 Å². The average Bonchev–Trinajstić information content (AvgIpc) is 3.32. The van der Waals surface area contributed by atoms with Crippen LogP contribution < -0.4 is 5.32 Å². The second-order valence-corrected chi connectivity index (χ2v) is 7.89. The van der Waals surface area contributed by atoms with Crippen molar-refractivity contribution in [3.8, 4) is 5.69 Å². The Morgan fingerprint density at radius 3 is 2.77 bits per heavy atom. The van der Waals surface area contributed by atoms with E-state index in [2.05, 4.69) is 20.4 Å². The second kappa shape index (κ2) is 7.45. The largest absolute Gasteiger partial charge is 0.352 e. The Labute approximate surface area is 156 Å². The number of rotatable bonds is 5. The van der Waals surface area contributed by atoms with E-state index in [9.17, 15) is 4.79 Å². The first-order chi connectivity index (χ1) is 12.7. The van der Waals surface area contributed by atoms with E-state index in [1.54, 1.807) is 10.9 Å². The van der Waals surface area contributed by atoms with Gasteiger partial charge < -0.3 is 5.32 Å². The number of nitrogens with one attached hydrogen (secondary N) is 1. The quantitative estimate of drug-likeness (QED) is 0.553. The van der Waals surface area contributed by atoms with E-state index in [1.165, 1.54) is 30.9 Å². The molecule has 1 aliphatic carbocycles. The Kier molecular flexibility index (Phi) is 4.88. The number of fused-ring (bicyclic) bond motifs is 1. The van der Waals surface area contributed by atoms with Crippen LogP contribution in [0.2, 0.25) is 0 Å². The van der Waals surface area contributed by atoms with Gasteiger partial charge in [-0.2, -0.15) is 5.10 Å². The number of carbonyl (C=O) groups excluding carboxylic acids is 1. The summed E-state index contributed by atoms with van der Waals surface area (Å²) in [6, 6.07) is 10.2. The van der Waals surface area contributed by atoms with E-state index in [-0.39, 0.29) is 11.2 Å². The van der Waals surface area contributed by atoms with Crippen LogP contribution in [0, 0.1) is 0 Å². The van der Waals surface area contributed by atoms with E-state index in [1.807, 2.05) is 37.3 Å². The summed E-state index contributed by atoms with van der Waals surface area (Å²) in [7, 11) is 0. The predicted octanol–water partition coefficient (Wildman–Crippen LogP) is 3.35. The van der Waals surface area contributed by atoms with Crippen LogP contribution in [0.1, 0.15) is 32.6 Å². The van der Waals surface area contributed by atoms with Crippen molar-refractivity contribution >= 4 is 28.7 Å². The normalized spacial score (nSPS) is 16.0. The Morgan fingerprint density at radius 1 is 1.23 bits per heavy atom. The van der Waals surface area contributed by atoms with Gasteiger partial charge in [0.15, 0.2) is 5.65 Å². The summed E-state index contributed by atoms with van der Waals surface area (Å²) in [6.07, 6.45) is 7.89. The number of aromatic nitrogens is 4. The molecule has 7 heteroatoms. The van der Waals surface area contributed by atoms with Crippen molar-refractivity contribution in [1.82, 2.24) is 25.1 Å². The molecule has 1 unspecified atom stereocenters. The fourth-order valence-corrected chi connectivity index (χ4v) is 4.17. The zero-order chi connectivity index (χ0) is 17.9. The van der Waals surface area contributed by atoms with Crippen LogP contribution in [0.15, 0.2) is 47.9 Å². The lowest BCUT2D eigenvalue weighted by molar-refractivity contribution is -0.120. The first-order valence-electron chi connectivity index (χ1n) is 8.93. The number of carbonyl (C=O) groups is 1. The number of hydrogen-bond acceptors (Lipinski definition) is 5. The summed E-state index contributed by atoms with van der Waals surface area (Å²) in [5.41, 5.74) is 1.70. The van der Waals surface area contributed by atoms with Gasteiger partial charge in [0.1, 0.15) is 11.4 Å². The molecule has 0 spiro atoms. The molecule has 1 aliphatic rings. The van der Waals surface area contributed by atoms with Crippen LogP contribution in [-0.4, -0.2) is 36.9 Å². The summed E-state index contributed by atoms with van der Waals surface area (Å²) in [5, 5.41) is 9.05. The monoisotopic (exact) mass is 367 g/mol. The van der Waals surface area contributed by atoms with Gasteiger partial charge in [-0.05, 0) is 31.9 Å². The van der Waals surface area contributed by atoms with Crippen molar-refractivity contribution in [2.24, 2.45) is 0 Å². The summed E-state index contributed by atoms with van der Waals surface area (Å²) in [6.45, 7) is 1.92. The average molecular weight is 367 g/mol. The van der Waals surface area contributed by atoms with Gasteiger partial charge in [0, 0.05) is 6.04 Å². The Balaban J connectivity index is 1.55. The molecule has 0 radical (unpaired) electrons. The minimum absolute atomic E-state index is 0.0733. The van der Waals surface area contributed by atoms with Gasteiger partial charge in [0.25, 0.3) is 0 Å². The lowest BCUT2D eigenvalue weighted by Gasteiger charge is -2.16.